The summed E-state index contributed by atoms with van der Waals surface area (Å²) in [5.74, 6) is 0. The summed E-state index contributed by atoms with van der Waals surface area (Å²) in [5.41, 5.74) is 4.44. The molecule has 2 N–H and O–H groups in total. The first-order valence-corrected chi connectivity index (χ1v) is 4.86. The van der Waals surface area contributed by atoms with Gasteiger partial charge in [0, 0.05) is 18.8 Å². The maximum Gasteiger partial charge on any atom is 0.0454 e. The van der Waals surface area contributed by atoms with Crippen molar-refractivity contribution < 1.29 is 0 Å². The third kappa shape index (κ3) is 3.72. The summed E-state index contributed by atoms with van der Waals surface area (Å²) in [5, 5.41) is 7.42. The lowest BCUT2D eigenvalue weighted by Gasteiger charge is -2.12. The number of nitrogens with zero attached hydrogens (tertiary/aromatic N) is 1. The lowest BCUT2D eigenvalue weighted by molar-refractivity contribution is 0.637. The molecule has 1 fully saturated rings. The Balaban J connectivity index is 2.08. The van der Waals surface area contributed by atoms with E-state index in [2.05, 4.69) is 15.8 Å². The van der Waals surface area contributed by atoms with Crippen LogP contribution in [0.5, 0.6) is 0 Å². The summed E-state index contributed by atoms with van der Waals surface area (Å²) < 4.78 is 0. The Labute approximate surface area is 74.6 Å². The molecule has 0 radical (unpaired) electrons. The standard InChI is InChI=1S/C9H19N3/c1-10-7-8-11-12-9-5-3-2-4-6-9/h10-11H,2-8H2,1H3. The molecule has 1 aliphatic carbocycles. The molecule has 0 atom stereocenters. The molecule has 0 bridgehead atoms. The number of nitrogens with one attached hydrogen (secondary N) is 2. The Hall–Kier alpha value is -0.570. The average molecular weight is 169 g/mol. The van der Waals surface area contributed by atoms with Gasteiger partial charge in [0.15, 0.2) is 0 Å². The second-order valence-electron chi connectivity index (χ2n) is 3.25. The minimum Gasteiger partial charge on any atom is -0.318 e. The fourth-order valence-electron chi connectivity index (χ4n) is 1.42. The van der Waals surface area contributed by atoms with Crippen molar-refractivity contribution in [3.05, 3.63) is 0 Å². The maximum atomic E-state index is 4.35. The summed E-state index contributed by atoms with van der Waals surface area (Å²) in [6, 6.07) is 0. The second-order valence-corrected chi connectivity index (χ2v) is 3.25. The molecule has 1 rings (SSSR count). The van der Waals surface area contributed by atoms with E-state index in [0.29, 0.717) is 0 Å². The predicted molar refractivity (Wildman–Crippen MR) is 52.4 cm³/mol. The van der Waals surface area contributed by atoms with Gasteiger partial charge in [-0.25, -0.2) is 0 Å². The Morgan fingerprint density at radius 2 is 1.92 bits per heavy atom. The van der Waals surface area contributed by atoms with Crippen LogP contribution in [0.2, 0.25) is 0 Å². The maximum absolute atomic E-state index is 4.35. The molecule has 70 valence electrons. The van der Waals surface area contributed by atoms with Gasteiger partial charge in [-0.1, -0.05) is 6.42 Å². The predicted octanol–water partition coefficient (Wildman–Crippen LogP) is 1.12. The van der Waals surface area contributed by atoms with Crippen molar-refractivity contribution in [2.75, 3.05) is 20.1 Å². The number of rotatable bonds is 4. The molecular weight excluding hydrogens is 150 g/mol. The molecule has 0 spiro atoms. The lowest BCUT2D eigenvalue weighted by Crippen LogP contribution is -2.22. The van der Waals surface area contributed by atoms with E-state index in [-0.39, 0.29) is 0 Å². The molecule has 0 aliphatic heterocycles. The van der Waals surface area contributed by atoms with Gasteiger partial charge in [0.05, 0.1) is 0 Å². The van der Waals surface area contributed by atoms with Gasteiger partial charge in [-0.2, -0.15) is 5.10 Å². The number of hydrogen-bond acceptors (Lipinski definition) is 3. The van der Waals surface area contributed by atoms with Gasteiger partial charge in [-0.3, -0.25) is 0 Å². The minimum absolute atomic E-state index is 0.931. The average Bonchev–Trinajstić information content (AvgIpc) is 2.14. The molecule has 0 aromatic heterocycles. The Bertz CT molecular complexity index is 135. The van der Waals surface area contributed by atoms with Gasteiger partial charge >= 0.3 is 0 Å². The molecule has 0 aromatic carbocycles. The minimum atomic E-state index is 0.931. The second kappa shape index (κ2) is 6.00. The largest absolute Gasteiger partial charge is 0.318 e. The van der Waals surface area contributed by atoms with Crippen molar-refractivity contribution in [3.8, 4) is 0 Å². The quantitative estimate of drug-likeness (QED) is 0.488. The van der Waals surface area contributed by atoms with Gasteiger partial charge in [0.2, 0.25) is 0 Å². The highest BCUT2D eigenvalue weighted by atomic mass is 15.3. The van der Waals surface area contributed by atoms with Crippen molar-refractivity contribution >= 4 is 5.71 Å². The van der Waals surface area contributed by atoms with Gasteiger partial charge < -0.3 is 10.7 Å². The van der Waals surface area contributed by atoms with Crippen LogP contribution in [0.15, 0.2) is 5.10 Å². The molecule has 1 saturated carbocycles. The molecule has 0 amide bonds. The molecule has 3 heteroatoms. The van der Waals surface area contributed by atoms with E-state index < -0.39 is 0 Å². The summed E-state index contributed by atoms with van der Waals surface area (Å²) in [6.07, 6.45) is 6.44. The number of likely N-dealkylation sites (N-methyl/N-ethyl adjacent to an activating group) is 1. The van der Waals surface area contributed by atoms with Crippen LogP contribution in [0.3, 0.4) is 0 Å². The van der Waals surface area contributed by atoms with Crippen molar-refractivity contribution in [2.45, 2.75) is 32.1 Å². The molecule has 0 aromatic rings. The monoisotopic (exact) mass is 169 g/mol. The van der Waals surface area contributed by atoms with Crippen LogP contribution in [0.25, 0.3) is 0 Å². The van der Waals surface area contributed by atoms with Crippen LogP contribution < -0.4 is 10.7 Å². The van der Waals surface area contributed by atoms with Crippen LogP contribution in [0, 0.1) is 0 Å². The van der Waals surface area contributed by atoms with Crippen molar-refractivity contribution in [1.82, 2.24) is 10.7 Å². The van der Waals surface area contributed by atoms with Gasteiger partial charge in [-0.15, -0.1) is 0 Å². The summed E-state index contributed by atoms with van der Waals surface area (Å²) in [4.78, 5) is 0. The number of hydrazone groups is 1. The molecular formula is C9H19N3. The van der Waals surface area contributed by atoms with Gasteiger partial charge in [0.1, 0.15) is 0 Å². The van der Waals surface area contributed by atoms with E-state index in [1.807, 2.05) is 7.05 Å². The third-order valence-corrected chi connectivity index (χ3v) is 2.15. The molecule has 0 heterocycles. The van der Waals surface area contributed by atoms with Gasteiger partial charge in [-0.05, 0) is 32.7 Å². The van der Waals surface area contributed by atoms with E-state index in [1.165, 1.54) is 37.8 Å². The van der Waals surface area contributed by atoms with Crippen LogP contribution in [-0.2, 0) is 0 Å². The molecule has 0 saturated heterocycles. The summed E-state index contributed by atoms with van der Waals surface area (Å²) in [6.45, 7) is 1.91. The molecule has 0 unspecified atom stereocenters. The van der Waals surface area contributed by atoms with Crippen LogP contribution in [0.4, 0.5) is 0 Å². The fourth-order valence-corrected chi connectivity index (χ4v) is 1.42. The van der Waals surface area contributed by atoms with E-state index in [4.69, 9.17) is 0 Å². The topological polar surface area (TPSA) is 36.4 Å². The highest BCUT2D eigenvalue weighted by Gasteiger charge is 2.05. The Morgan fingerprint density at radius 3 is 2.58 bits per heavy atom. The van der Waals surface area contributed by atoms with Crippen molar-refractivity contribution in [2.24, 2.45) is 5.10 Å². The van der Waals surface area contributed by atoms with E-state index in [9.17, 15) is 0 Å². The van der Waals surface area contributed by atoms with Crippen molar-refractivity contribution in [3.63, 3.8) is 0 Å². The highest BCUT2D eigenvalue weighted by molar-refractivity contribution is 5.84. The SMILES string of the molecule is CNCCNN=C1CCCCC1. The first kappa shape index (κ1) is 9.52. The first-order valence-electron chi connectivity index (χ1n) is 4.86. The third-order valence-electron chi connectivity index (χ3n) is 2.15. The van der Waals surface area contributed by atoms with Crippen LogP contribution in [0.1, 0.15) is 32.1 Å². The van der Waals surface area contributed by atoms with Crippen LogP contribution >= 0.6 is 0 Å². The lowest BCUT2D eigenvalue weighted by atomic mass is 9.99. The first-order chi connectivity index (χ1) is 5.93. The normalized spacial score (nSPS) is 17.6. The smallest absolute Gasteiger partial charge is 0.0454 e. The summed E-state index contributed by atoms with van der Waals surface area (Å²) >= 11 is 0. The Kier molecular flexibility index (Phi) is 4.76. The number of hydrogen-bond donors (Lipinski definition) is 2. The zero-order chi connectivity index (χ0) is 8.65. The van der Waals surface area contributed by atoms with E-state index in [1.54, 1.807) is 0 Å². The van der Waals surface area contributed by atoms with Gasteiger partial charge in [0.25, 0.3) is 0 Å². The molecule has 3 nitrogen and oxygen atoms in total. The van der Waals surface area contributed by atoms with Crippen LogP contribution in [-0.4, -0.2) is 25.8 Å². The molecule has 12 heavy (non-hydrogen) atoms. The Morgan fingerprint density at radius 1 is 1.17 bits per heavy atom. The van der Waals surface area contributed by atoms with E-state index in [0.717, 1.165) is 13.1 Å². The zero-order valence-corrected chi connectivity index (χ0v) is 7.90. The molecule has 1 aliphatic rings. The zero-order valence-electron chi connectivity index (χ0n) is 7.90. The fraction of sp³-hybridized carbons (Fsp3) is 0.889. The summed E-state index contributed by atoms with van der Waals surface area (Å²) in [7, 11) is 1.95. The van der Waals surface area contributed by atoms with Crippen molar-refractivity contribution in [1.29, 1.82) is 0 Å². The highest BCUT2D eigenvalue weighted by Crippen LogP contribution is 2.13. The van der Waals surface area contributed by atoms with E-state index >= 15 is 0 Å².